The Bertz CT molecular complexity index is 2440. The molecule has 4 aromatic heterocycles. The van der Waals surface area contributed by atoms with Crippen molar-refractivity contribution >= 4 is 140 Å². The van der Waals surface area contributed by atoms with E-state index in [1.165, 1.54) is 87.7 Å². The van der Waals surface area contributed by atoms with Gasteiger partial charge in [-0.1, -0.05) is 0 Å². The van der Waals surface area contributed by atoms with Crippen LogP contribution in [0.2, 0.25) is 0 Å². The van der Waals surface area contributed by atoms with Crippen molar-refractivity contribution in [1.82, 2.24) is 0 Å². The molecule has 6 aromatic carbocycles. The van der Waals surface area contributed by atoms with Crippen LogP contribution in [0, 0.1) is 0 Å². The molecule has 4 heterocycles. The first-order valence-corrected chi connectivity index (χ1v) is 16.9. The van der Waals surface area contributed by atoms with E-state index in [0.717, 1.165) is 0 Å². The van der Waals surface area contributed by atoms with Crippen LogP contribution in [0.1, 0.15) is 0 Å². The van der Waals surface area contributed by atoms with Crippen LogP contribution < -0.4 is 0 Å². The van der Waals surface area contributed by atoms with Gasteiger partial charge in [0, 0.05) is 0 Å². The summed E-state index contributed by atoms with van der Waals surface area (Å²) in [6, 6.07) is 33.3. The molecule has 4 heteroatoms. The maximum absolute atomic E-state index is 2.47. The molecule has 0 unspecified atom stereocenters. The van der Waals surface area contributed by atoms with Gasteiger partial charge < -0.3 is 0 Å². The molecule has 0 spiro atoms. The van der Waals surface area contributed by atoms with Crippen LogP contribution in [0.5, 0.6) is 0 Å². The zero-order valence-corrected chi connectivity index (χ0v) is 24.0. The summed E-state index contributed by atoms with van der Waals surface area (Å²) >= 11 is 5.97. The van der Waals surface area contributed by atoms with Crippen molar-refractivity contribution in [1.29, 1.82) is 0 Å². The molecule has 0 fully saturated rings. The van der Waals surface area contributed by atoms with Gasteiger partial charge in [-0.2, -0.15) is 0 Å². The van der Waals surface area contributed by atoms with E-state index in [-0.39, 0.29) is 0 Å². The van der Waals surface area contributed by atoms with Crippen molar-refractivity contribution in [2.24, 2.45) is 0 Å². The van der Waals surface area contributed by atoms with Crippen LogP contribution in [0.25, 0.3) is 92.0 Å². The summed E-state index contributed by atoms with van der Waals surface area (Å²) in [7, 11) is 0. The summed E-state index contributed by atoms with van der Waals surface area (Å²) in [6.07, 6.45) is 0. The molecule has 38 heavy (non-hydrogen) atoms. The van der Waals surface area contributed by atoms with E-state index in [9.17, 15) is 0 Å². The number of hydrogen-bond donors (Lipinski definition) is 0. The van der Waals surface area contributed by atoms with Crippen LogP contribution in [0.3, 0.4) is 0 Å². The maximum atomic E-state index is 2.47. The van der Waals surface area contributed by atoms with Crippen LogP contribution >= 0.6 is 34.0 Å². The van der Waals surface area contributed by atoms with Gasteiger partial charge in [0.25, 0.3) is 0 Å². The van der Waals surface area contributed by atoms with E-state index >= 15 is 0 Å². The van der Waals surface area contributed by atoms with Gasteiger partial charge in [0.1, 0.15) is 0 Å². The van der Waals surface area contributed by atoms with E-state index in [4.69, 9.17) is 0 Å². The van der Waals surface area contributed by atoms with Crippen molar-refractivity contribution in [2.75, 3.05) is 0 Å². The Morgan fingerprint density at radius 3 is 1.53 bits per heavy atom. The fourth-order valence-corrected chi connectivity index (χ4v) is 12.2. The average Bonchev–Trinajstić information content (AvgIpc) is 3.70. The van der Waals surface area contributed by atoms with Crippen LogP contribution in [0.4, 0.5) is 0 Å². The summed E-state index contributed by atoms with van der Waals surface area (Å²) in [6.45, 7) is 0. The third-order valence-electron chi connectivity index (χ3n) is 8.05. The standard InChI is InChI=1S/C34H16S3Se/c1-3-35-29-13-23-9-21-11-27-31(15-25(21)7-19(23)5-17(1)29)37-33-28-12-22-10-24-14-30-18(2-4-36-30)6-20(24)8-26(22)16-32(28)38-34(27)33/h1-16H. The predicted octanol–water partition coefficient (Wildman–Crippen LogP) is 11.3. The molecule has 0 bridgehead atoms. The molecule has 0 aliphatic heterocycles. The first kappa shape index (κ1) is 20.7. The quantitative estimate of drug-likeness (QED) is 0.120. The summed E-state index contributed by atoms with van der Waals surface area (Å²) in [5, 5.41) is 20.8. The molecular weight excluding hydrogens is 584 g/mol. The molecule has 0 saturated carbocycles. The van der Waals surface area contributed by atoms with E-state index in [0.29, 0.717) is 14.5 Å². The fraction of sp³-hybridized carbons (Fsp3) is 0. The number of hydrogen-bond acceptors (Lipinski definition) is 3. The number of benzene rings is 6. The molecule has 10 aromatic rings. The molecular formula is C34H16S3Se. The van der Waals surface area contributed by atoms with Crippen molar-refractivity contribution in [3.63, 3.8) is 0 Å². The second kappa shape index (κ2) is 7.24. The molecule has 0 radical (unpaired) electrons. The second-order valence-electron chi connectivity index (χ2n) is 10.3. The first-order valence-electron chi connectivity index (χ1n) is 12.6. The van der Waals surface area contributed by atoms with Crippen molar-refractivity contribution in [3.05, 3.63) is 95.7 Å². The van der Waals surface area contributed by atoms with Crippen molar-refractivity contribution in [2.45, 2.75) is 0 Å². The minimum absolute atomic E-state index is 0.330. The molecule has 0 aliphatic rings. The molecule has 0 saturated heterocycles. The molecule has 0 nitrogen and oxygen atoms in total. The topological polar surface area (TPSA) is 0 Å². The van der Waals surface area contributed by atoms with Crippen LogP contribution in [-0.4, -0.2) is 14.5 Å². The van der Waals surface area contributed by atoms with E-state index in [1.54, 1.807) is 4.26 Å². The van der Waals surface area contributed by atoms with Crippen molar-refractivity contribution in [3.8, 4) is 0 Å². The van der Waals surface area contributed by atoms with E-state index in [1.807, 2.05) is 34.0 Å². The Labute approximate surface area is 234 Å². The Kier molecular flexibility index (Phi) is 3.94. The van der Waals surface area contributed by atoms with Crippen molar-refractivity contribution < 1.29 is 0 Å². The van der Waals surface area contributed by atoms with Gasteiger partial charge in [0.15, 0.2) is 0 Å². The third kappa shape index (κ3) is 2.79. The Hall–Kier alpha value is -3.24. The summed E-state index contributed by atoms with van der Waals surface area (Å²) in [4.78, 5) is 0. The zero-order valence-electron chi connectivity index (χ0n) is 19.9. The Balaban J connectivity index is 1.24. The molecule has 0 N–H and O–H groups in total. The zero-order chi connectivity index (χ0) is 24.5. The Morgan fingerprint density at radius 1 is 0.421 bits per heavy atom. The first-order chi connectivity index (χ1) is 18.7. The molecule has 10 rings (SSSR count). The third-order valence-corrected chi connectivity index (χ3v) is 13.8. The molecule has 176 valence electrons. The van der Waals surface area contributed by atoms with E-state index in [2.05, 4.69) is 95.7 Å². The predicted molar refractivity (Wildman–Crippen MR) is 175 cm³/mol. The Morgan fingerprint density at radius 2 is 0.895 bits per heavy atom. The number of fused-ring (bicyclic) bond motifs is 11. The molecule has 0 aliphatic carbocycles. The fourth-order valence-electron chi connectivity index (χ4n) is 6.17. The second-order valence-corrected chi connectivity index (χ2v) is 15.4. The summed E-state index contributed by atoms with van der Waals surface area (Å²) in [5.74, 6) is 0. The van der Waals surface area contributed by atoms with Crippen LogP contribution in [-0.2, 0) is 0 Å². The summed E-state index contributed by atoms with van der Waals surface area (Å²) in [5.41, 5.74) is 0. The molecule has 0 atom stereocenters. The summed E-state index contributed by atoms with van der Waals surface area (Å²) < 4.78 is 8.75. The van der Waals surface area contributed by atoms with Gasteiger partial charge in [-0.25, -0.2) is 0 Å². The van der Waals surface area contributed by atoms with E-state index < -0.39 is 0 Å². The van der Waals surface area contributed by atoms with Gasteiger partial charge in [0.05, 0.1) is 0 Å². The van der Waals surface area contributed by atoms with Crippen LogP contribution in [0.15, 0.2) is 95.7 Å². The monoisotopic (exact) mass is 600 g/mol. The molecule has 0 amide bonds. The minimum atomic E-state index is 0.330. The number of thiophene rings is 3. The van der Waals surface area contributed by atoms with Gasteiger partial charge in [-0.05, 0) is 0 Å². The van der Waals surface area contributed by atoms with Gasteiger partial charge in [0.2, 0.25) is 0 Å². The van der Waals surface area contributed by atoms with Gasteiger partial charge >= 0.3 is 236 Å². The number of rotatable bonds is 0. The average molecular weight is 600 g/mol. The normalized spacial score (nSPS) is 12.7. The van der Waals surface area contributed by atoms with Gasteiger partial charge in [-0.15, -0.1) is 0 Å². The SMILES string of the molecule is c1cc2cc3cc4cc5[se]c6c7cc8cc9cc%10sccc%10cc9cc8cc7sc6c5cc4cc3cc2s1. The van der Waals surface area contributed by atoms with Gasteiger partial charge in [-0.3, -0.25) is 0 Å².